The number of methoxy groups -OCH3 is 2. The average molecular weight is 581 g/mol. The lowest BCUT2D eigenvalue weighted by molar-refractivity contribution is -0.150. The number of anilines is 2. The van der Waals surface area contributed by atoms with Crippen LogP contribution < -0.4 is 20.1 Å². The van der Waals surface area contributed by atoms with Crippen LogP contribution in [0.5, 0.6) is 11.5 Å². The number of hydrogen-bond donors (Lipinski definition) is 3. The minimum Gasteiger partial charge on any atom is -0.495 e. The van der Waals surface area contributed by atoms with Crippen LogP contribution in [0.3, 0.4) is 0 Å². The van der Waals surface area contributed by atoms with Gasteiger partial charge < -0.3 is 25.2 Å². The number of nitrogens with one attached hydrogen (secondary N) is 2. The van der Waals surface area contributed by atoms with Crippen molar-refractivity contribution in [2.24, 2.45) is 11.8 Å². The molecule has 2 amide bonds. The minimum atomic E-state index is -1.72. The third-order valence-electron chi connectivity index (χ3n) is 6.82. The first-order chi connectivity index (χ1) is 18.2. The molecular weight excluding hydrogens is 552 g/mol. The molecule has 198 valence electrons. The van der Waals surface area contributed by atoms with Crippen molar-refractivity contribution in [3.63, 3.8) is 0 Å². The summed E-state index contributed by atoms with van der Waals surface area (Å²) in [5.41, 5.74) is -0.337. The Hall–Kier alpha value is -3.69. The van der Waals surface area contributed by atoms with Crippen LogP contribution in [0.1, 0.15) is 24.8 Å². The summed E-state index contributed by atoms with van der Waals surface area (Å²) in [5.74, 6) is -4.04. The maximum Gasteiger partial charge on any atom is 0.235 e. The number of hydrogen-bond acceptors (Lipinski definition) is 6. The molecule has 0 aromatic heterocycles. The molecule has 3 aromatic carbocycles. The fourth-order valence-electron chi connectivity index (χ4n) is 5.09. The first-order valence-corrected chi connectivity index (χ1v) is 12.8. The predicted octanol–water partition coefficient (Wildman–Crippen LogP) is 4.78. The van der Waals surface area contributed by atoms with E-state index in [1.807, 2.05) is 0 Å². The van der Waals surface area contributed by atoms with E-state index < -0.39 is 41.0 Å². The highest BCUT2D eigenvalue weighted by Crippen LogP contribution is 2.47. The molecule has 3 aromatic rings. The van der Waals surface area contributed by atoms with Gasteiger partial charge in [-0.2, -0.15) is 0 Å². The number of Topliss-reactive ketones (excluding diaryl/α,β-unsaturated/α-hetero) is 1. The van der Waals surface area contributed by atoms with E-state index in [-0.39, 0.29) is 6.42 Å². The van der Waals surface area contributed by atoms with Crippen LogP contribution in [0.2, 0.25) is 0 Å². The number of carbonyl (C=O) groups is 3. The minimum absolute atomic E-state index is 0.367. The molecule has 0 radical (unpaired) electrons. The number of halogens is 1. The molecule has 4 unspecified atom stereocenters. The molecule has 4 atom stereocenters. The summed E-state index contributed by atoms with van der Waals surface area (Å²) in [5, 5.41) is 17.1. The second-order valence-electron chi connectivity index (χ2n) is 9.41. The molecule has 8 nitrogen and oxygen atoms in total. The van der Waals surface area contributed by atoms with Gasteiger partial charge in [-0.3, -0.25) is 14.4 Å². The highest BCUT2D eigenvalue weighted by Gasteiger charge is 2.56. The van der Waals surface area contributed by atoms with Gasteiger partial charge in [-0.1, -0.05) is 52.3 Å². The molecule has 4 rings (SSSR count). The van der Waals surface area contributed by atoms with Crippen molar-refractivity contribution in [2.45, 2.75) is 24.9 Å². The summed E-state index contributed by atoms with van der Waals surface area (Å²) >= 11 is 3.41. The van der Waals surface area contributed by atoms with Gasteiger partial charge >= 0.3 is 0 Å². The monoisotopic (exact) mass is 580 g/mol. The number of amides is 2. The van der Waals surface area contributed by atoms with Crippen molar-refractivity contribution in [3.05, 3.63) is 82.8 Å². The summed E-state index contributed by atoms with van der Waals surface area (Å²) in [6, 6.07) is 20.8. The second-order valence-corrected chi connectivity index (χ2v) is 10.3. The summed E-state index contributed by atoms with van der Waals surface area (Å²) in [6.45, 7) is 1.46. The van der Waals surface area contributed by atoms with Crippen LogP contribution in [-0.2, 0) is 14.4 Å². The van der Waals surface area contributed by atoms with Crippen LogP contribution in [-0.4, -0.2) is 42.5 Å². The number of carbonyl (C=O) groups excluding carboxylic acids is 3. The van der Waals surface area contributed by atoms with Crippen molar-refractivity contribution in [1.82, 2.24) is 0 Å². The third-order valence-corrected chi connectivity index (χ3v) is 7.35. The Morgan fingerprint density at radius 3 is 1.89 bits per heavy atom. The van der Waals surface area contributed by atoms with Crippen LogP contribution in [0.4, 0.5) is 11.4 Å². The zero-order valence-corrected chi connectivity index (χ0v) is 22.8. The summed E-state index contributed by atoms with van der Waals surface area (Å²) < 4.78 is 11.5. The number of ether oxygens (including phenoxy) is 2. The van der Waals surface area contributed by atoms with Gasteiger partial charge in [0, 0.05) is 16.8 Å². The van der Waals surface area contributed by atoms with E-state index >= 15 is 0 Å². The van der Waals surface area contributed by atoms with Crippen LogP contribution in [0.15, 0.2) is 77.3 Å². The Bertz CT molecular complexity index is 1340. The smallest absolute Gasteiger partial charge is 0.235 e. The van der Waals surface area contributed by atoms with Crippen LogP contribution in [0, 0.1) is 11.8 Å². The van der Waals surface area contributed by atoms with Gasteiger partial charge in [0.2, 0.25) is 11.8 Å². The number of rotatable bonds is 7. The Kier molecular flexibility index (Phi) is 8.18. The van der Waals surface area contributed by atoms with Crippen LogP contribution in [0.25, 0.3) is 0 Å². The van der Waals surface area contributed by atoms with Gasteiger partial charge in [0.25, 0.3) is 0 Å². The molecule has 0 bridgehead atoms. The van der Waals surface area contributed by atoms with E-state index in [4.69, 9.17) is 9.47 Å². The molecule has 0 spiro atoms. The Morgan fingerprint density at radius 1 is 0.868 bits per heavy atom. The summed E-state index contributed by atoms with van der Waals surface area (Å²) in [4.78, 5) is 41.0. The largest absolute Gasteiger partial charge is 0.495 e. The Morgan fingerprint density at radius 2 is 1.37 bits per heavy atom. The molecule has 9 heteroatoms. The fourth-order valence-corrected chi connectivity index (χ4v) is 5.36. The van der Waals surface area contributed by atoms with Gasteiger partial charge in [-0.05, 0) is 48.9 Å². The molecule has 0 heterocycles. The highest BCUT2D eigenvalue weighted by atomic mass is 79.9. The molecule has 0 saturated heterocycles. The fraction of sp³-hybridized carbons (Fsp3) is 0.276. The van der Waals surface area contributed by atoms with E-state index in [1.165, 1.54) is 21.1 Å². The molecule has 0 aliphatic heterocycles. The molecule has 1 aliphatic rings. The molecule has 1 fully saturated rings. The molecule has 3 N–H and O–H groups in total. The Balaban J connectivity index is 1.78. The van der Waals surface area contributed by atoms with Crippen molar-refractivity contribution < 1.29 is 29.0 Å². The van der Waals surface area contributed by atoms with E-state index in [1.54, 1.807) is 72.8 Å². The summed E-state index contributed by atoms with van der Waals surface area (Å²) in [7, 11) is 2.97. The van der Waals surface area contributed by atoms with E-state index in [2.05, 4.69) is 26.6 Å². The first-order valence-electron chi connectivity index (χ1n) is 12.0. The maximum atomic E-state index is 13.8. The molecule has 1 saturated carbocycles. The van der Waals surface area contributed by atoms with Crippen molar-refractivity contribution >= 4 is 44.9 Å². The second kappa shape index (κ2) is 11.4. The summed E-state index contributed by atoms with van der Waals surface area (Å²) in [6.07, 6.45) is -0.367. The SMILES string of the molecule is COc1ccccc1NC(=O)C1C(=O)CC(C)(O)C(C(=O)Nc2ccccc2OC)C1c1ccc(Br)cc1. The number of ketones is 1. The van der Waals surface area contributed by atoms with E-state index in [0.717, 1.165) is 4.47 Å². The average Bonchev–Trinajstić information content (AvgIpc) is 2.88. The molecule has 38 heavy (non-hydrogen) atoms. The normalized spacial score (nSPS) is 22.9. The Labute approximate surface area is 229 Å². The van der Waals surface area contributed by atoms with Gasteiger partial charge in [-0.25, -0.2) is 0 Å². The maximum absolute atomic E-state index is 13.8. The van der Waals surface area contributed by atoms with Gasteiger partial charge in [-0.15, -0.1) is 0 Å². The molecule has 1 aliphatic carbocycles. The topological polar surface area (TPSA) is 114 Å². The zero-order chi connectivity index (χ0) is 27.4. The number of benzene rings is 3. The third kappa shape index (κ3) is 5.58. The molecular formula is C29H29BrN2O6. The van der Waals surface area contributed by atoms with Crippen molar-refractivity contribution in [3.8, 4) is 11.5 Å². The quantitative estimate of drug-likeness (QED) is 0.346. The van der Waals surface area contributed by atoms with Crippen molar-refractivity contribution in [1.29, 1.82) is 0 Å². The van der Waals surface area contributed by atoms with Crippen molar-refractivity contribution in [2.75, 3.05) is 24.9 Å². The van der Waals surface area contributed by atoms with E-state index in [0.29, 0.717) is 28.4 Å². The van der Waals surface area contributed by atoms with Gasteiger partial charge in [0.05, 0.1) is 37.1 Å². The highest BCUT2D eigenvalue weighted by molar-refractivity contribution is 9.10. The lowest BCUT2D eigenvalue weighted by Crippen LogP contribution is -2.56. The zero-order valence-electron chi connectivity index (χ0n) is 21.2. The van der Waals surface area contributed by atoms with Gasteiger partial charge in [0.1, 0.15) is 23.2 Å². The van der Waals surface area contributed by atoms with Crippen LogP contribution >= 0.6 is 15.9 Å². The standard InChI is InChI=1S/C29H29BrN2O6/c1-29(36)16-21(33)25(27(34)31-19-8-4-6-10-22(19)37-2)24(17-12-14-18(30)15-13-17)26(29)28(35)32-20-9-5-7-11-23(20)38-3/h4-15,24-26,36H,16H2,1-3H3,(H,31,34)(H,32,35). The van der Waals surface area contributed by atoms with E-state index in [9.17, 15) is 19.5 Å². The number of aliphatic hydroxyl groups is 1. The lowest BCUT2D eigenvalue weighted by Gasteiger charge is -2.44. The predicted molar refractivity (Wildman–Crippen MR) is 147 cm³/mol. The number of para-hydroxylation sites is 4. The first kappa shape index (κ1) is 27.3. The lowest BCUT2D eigenvalue weighted by atomic mass is 9.61. The van der Waals surface area contributed by atoms with Gasteiger partial charge in [0.15, 0.2) is 0 Å².